The number of carbonyl (C=O) groups excluding carboxylic acids is 3. The van der Waals surface area contributed by atoms with E-state index in [1.165, 1.54) is 106 Å². The molecule has 0 bridgehead atoms. The first-order chi connectivity index (χ1) is 39.9. The summed E-state index contributed by atoms with van der Waals surface area (Å²) in [5.41, 5.74) is 0.883. The summed E-state index contributed by atoms with van der Waals surface area (Å²) in [4.78, 5) is 51.3. The second-order valence-corrected chi connectivity index (χ2v) is 30.0. The van der Waals surface area contributed by atoms with Crippen LogP contribution in [0.1, 0.15) is 59.8 Å². The summed E-state index contributed by atoms with van der Waals surface area (Å²) in [6, 6.07) is 6.82. The Morgan fingerprint density at radius 3 is 0.988 bits per heavy atom. The van der Waals surface area contributed by atoms with Crippen molar-refractivity contribution in [2.24, 2.45) is 0 Å². The molecule has 6 aromatic rings. The summed E-state index contributed by atoms with van der Waals surface area (Å²) >= 11 is 25.7. The number of aromatic nitrogens is 3. The van der Waals surface area contributed by atoms with Gasteiger partial charge in [-0.05, 0) is 92.6 Å². The van der Waals surface area contributed by atoms with Crippen molar-refractivity contribution in [3.63, 3.8) is 0 Å². The number of nitrogens with one attached hydrogen (secondary N) is 6. The zero-order valence-corrected chi connectivity index (χ0v) is 53.9. The van der Waals surface area contributed by atoms with Gasteiger partial charge < -0.3 is 16.0 Å². The first-order valence-electron chi connectivity index (χ1n) is 24.7. The number of rotatable bonds is 18. The number of thiazole rings is 3. The minimum absolute atomic E-state index is 0. The van der Waals surface area contributed by atoms with Crippen LogP contribution in [0.2, 0.25) is 15.1 Å². The summed E-state index contributed by atoms with van der Waals surface area (Å²) in [5, 5.41) is 14.6. The monoisotopic (exact) mass is 1410 g/mol. The predicted octanol–water partition coefficient (Wildman–Crippen LogP) is 9.30. The number of carbonyl (C=O) groups is 3. The molecule has 3 amide bonds. The van der Waals surface area contributed by atoms with Gasteiger partial charge in [-0.25, -0.2) is 28.1 Å². The van der Waals surface area contributed by atoms with E-state index in [1.807, 2.05) is 18.8 Å². The topological polar surface area (TPSA) is 274 Å². The number of hydrogen-bond donors (Lipinski definition) is 6. The van der Waals surface area contributed by atoms with Crippen molar-refractivity contribution in [2.75, 3.05) is 71.6 Å². The van der Waals surface area contributed by atoms with Crippen LogP contribution in [0, 0.1) is 17.5 Å². The number of thioether (sulfide) groups is 3. The van der Waals surface area contributed by atoms with Gasteiger partial charge in [-0.15, -0.1) is 34.0 Å². The van der Waals surface area contributed by atoms with E-state index in [0.29, 0.717) is 49.3 Å². The van der Waals surface area contributed by atoms with Gasteiger partial charge in [-0.2, -0.15) is 87.6 Å². The van der Waals surface area contributed by atoms with Gasteiger partial charge in [-0.1, -0.05) is 42.2 Å². The van der Waals surface area contributed by atoms with Crippen molar-refractivity contribution >= 4 is 170 Å². The molecule has 2 unspecified atom stereocenters. The molecule has 0 radical (unpaired) electrons. The minimum Gasteiger partial charge on any atom is -0.325 e. The third kappa shape index (κ3) is 18.9. The van der Waals surface area contributed by atoms with Crippen molar-refractivity contribution in [3.8, 4) is 0 Å². The number of anilines is 3. The SMILES string of the molecule is C.CSCCN1C(C(=O)Nc2ccc(F)c(Cl)c2)CC(c2nccs2)NS1(=O)=O.CSCCN1[C@@H](C(=O)Nc2ccc(F)c(Cl)c2)C[C@@H](c2nccs2)NS1(=O)=O.CSCCN1[C@H](C(=O)Nc2ccc(F)c(Cl)c2)C[C@H](c2nccs2)NS1(=O)=O. The van der Waals surface area contributed by atoms with Gasteiger partial charge >= 0.3 is 0 Å². The lowest BCUT2D eigenvalue weighted by molar-refractivity contribution is -0.121. The van der Waals surface area contributed by atoms with Crippen LogP contribution >= 0.6 is 104 Å². The Bertz CT molecular complexity index is 3190. The average molecular weight is 1410 g/mol. The lowest BCUT2D eigenvalue weighted by atomic mass is 10.1. The standard InChI is InChI=1S/3C16H18ClFN4O3S3.CH4/c3*1-26-7-5-22-14(15(23)20-10-2-3-12(18)11(17)8-10)9-13(21-28(22,24)25)16-19-4-6-27-16;/h3*2-4,6,8,13-14,21H,5,7,9H2,1H3,(H,20,23);1H4/t2*13-,14+;;/m10../s1. The Balaban J connectivity index is 0.000000203. The van der Waals surface area contributed by atoms with E-state index in [1.54, 1.807) is 34.7 Å². The largest absolute Gasteiger partial charge is 0.325 e. The fourth-order valence-corrected chi connectivity index (χ4v) is 17.6. The third-order valence-electron chi connectivity index (χ3n) is 12.5. The van der Waals surface area contributed by atoms with E-state index < -0.39 is 102 Å². The average Bonchev–Trinajstić information content (AvgIpc) is 3.78. The van der Waals surface area contributed by atoms with E-state index in [2.05, 4.69) is 45.1 Å². The first-order valence-corrected chi connectivity index (χ1v) is 37.0. The molecular formula is C49H58Cl3F3N12O9S9. The maximum Gasteiger partial charge on any atom is 0.280 e. The number of hydrogen-bond acceptors (Lipinski definition) is 18. The van der Waals surface area contributed by atoms with Gasteiger partial charge in [0.1, 0.15) is 50.6 Å². The van der Waals surface area contributed by atoms with Gasteiger partial charge in [0.2, 0.25) is 17.7 Å². The van der Waals surface area contributed by atoms with Crippen LogP contribution in [0.25, 0.3) is 0 Å². The van der Waals surface area contributed by atoms with Crippen LogP contribution in [0.5, 0.6) is 0 Å². The van der Waals surface area contributed by atoms with E-state index in [-0.39, 0.29) is 61.4 Å². The molecule has 3 aromatic carbocycles. The highest BCUT2D eigenvalue weighted by Crippen LogP contribution is 2.35. The predicted molar refractivity (Wildman–Crippen MR) is 338 cm³/mol. The highest BCUT2D eigenvalue weighted by Gasteiger charge is 2.46. The molecule has 9 rings (SSSR count). The van der Waals surface area contributed by atoms with Crippen molar-refractivity contribution in [3.05, 3.63) is 137 Å². The molecule has 3 aliphatic rings. The van der Waals surface area contributed by atoms with Crippen molar-refractivity contribution in [2.45, 2.75) is 62.9 Å². The number of nitrogens with zero attached hydrogens (tertiary/aromatic N) is 6. The summed E-state index contributed by atoms with van der Waals surface area (Å²) in [5.74, 6) is -1.71. The van der Waals surface area contributed by atoms with Crippen LogP contribution in [0.3, 0.4) is 0 Å². The number of amides is 3. The highest BCUT2D eigenvalue weighted by molar-refractivity contribution is 7.99. The first kappa shape index (κ1) is 70.4. The van der Waals surface area contributed by atoms with Gasteiger partial charge in [0.15, 0.2) is 0 Å². The number of halogens is 6. The quantitative estimate of drug-likeness (QED) is 0.0468. The van der Waals surface area contributed by atoms with E-state index >= 15 is 0 Å². The Morgan fingerprint density at radius 2 is 0.776 bits per heavy atom. The molecule has 3 fully saturated rings. The zero-order chi connectivity index (χ0) is 60.9. The number of benzene rings is 3. The van der Waals surface area contributed by atoms with Gasteiger partial charge in [0, 0.05) is 88.7 Å². The van der Waals surface area contributed by atoms with Crippen LogP contribution in [0.4, 0.5) is 30.2 Å². The Hall–Kier alpha value is -3.72. The maximum absolute atomic E-state index is 13.4. The summed E-state index contributed by atoms with van der Waals surface area (Å²) in [6.45, 7) is 0.552. The Morgan fingerprint density at radius 1 is 0.518 bits per heavy atom. The van der Waals surface area contributed by atoms with Gasteiger partial charge in [0.25, 0.3) is 30.6 Å². The molecule has 0 aliphatic carbocycles. The Kier molecular flexibility index (Phi) is 26.6. The molecule has 6 N–H and O–H groups in total. The summed E-state index contributed by atoms with van der Waals surface area (Å²) in [6.07, 6.45) is 11.0. The van der Waals surface area contributed by atoms with Crippen molar-refractivity contribution < 1.29 is 52.8 Å². The van der Waals surface area contributed by atoms with E-state index in [0.717, 1.165) is 31.1 Å². The molecule has 6 heterocycles. The second-order valence-electron chi connectivity index (χ2n) is 18.1. The molecule has 21 nitrogen and oxygen atoms in total. The van der Waals surface area contributed by atoms with Crippen molar-refractivity contribution in [1.82, 2.24) is 42.0 Å². The molecule has 3 aromatic heterocycles. The molecule has 6 atom stereocenters. The van der Waals surface area contributed by atoms with Crippen molar-refractivity contribution in [1.29, 1.82) is 0 Å². The summed E-state index contributed by atoms with van der Waals surface area (Å²) < 4.78 is 128. The fraction of sp³-hybridized carbons (Fsp3) is 0.388. The van der Waals surface area contributed by atoms with Gasteiger partial charge in [0.05, 0.1) is 33.2 Å². The molecule has 3 aliphatic heterocycles. The van der Waals surface area contributed by atoms with E-state index in [9.17, 15) is 52.8 Å². The summed E-state index contributed by atoms with van der Waals surface area (Å²) in [7, 11) is -11.6. The van der Waals surface area contributed by atoms with Crippen LogP contribution < -0.4 is 30.1 Å². The lowest BCUT2D eigenvalue weighted by Gasteiger charge is -2.37. The zero-order valence-electron chi connectivity index (χ0n) is 44.3. The Labute approximate surface area is 531 Å². The minimum atomic E-state index is -3.88. The third-order valence-corrected chi connectivity index (χ3v) is 22.7. The normalized spacial score (nSPS) is 21.8. The molecule has 0 spiro atoms. The smallest absolute Gasteiger partial charge is 0.280 e. The van der Waals surface area contributed by atoms with Crippen LogP contribution in [-0.2, 0) is 45.0 Å². The highest BCUT2D eigenvalue weighted by atomic mass is 35.5. The molecule has 0 saturated carbocycles. The fourth-order valence-electron chi connectivity index (χ4n) is 8.57. The van der Waals surface area contributed by atoms with Gasteiger partial charge in [-0.3, -0.25) is 14.4 Å². The van der Waals surface area contributed by atoms with Crippen LogP contribution in [-0.4, -0.2) is 145 Å². The maximum atomic E-state index is 13.4. The van der Waals surface area contributed by atoms with Crippen LogP contribution in [0.15, 0.2) is 89.3 Å². The molecule has 36 heteroatoms. The second kappa shape index (κ2) is 32.1. The lowest BCUT2D eigenvalue weighted by Crippen LogP contribution is -2.58. The molecular weight excluding hydrogens is 1350 g/mol. The molecule has 464 valence electrons. The molecule has 3 saturated heterocycles. The van der Waals surface area contributed by atoms with E-state index in [4.69, 9.17) is 34.8 Å². The molecule has 85 heavy (non-hydrogen) atoms.